The molecule has 3 aromatic rings. The maximum absolute atomic E-state index is 13.1. The molecule has 1 N–H and O–H groups in total. The molecule has 0 aliphatic heterocycles. The number of nitrogens with one attached hydrogen (secondary N) is 1. The number of carbonyl (C=O) groups is 2. The number of esters is 1. The minimum Gasteiger partial charge on any atom is -0.490 e. The molecule has 1 aromatic heterocycles. The molecule has 2 aromatic carbocycles. The third-order valence-corrected chi connectivity index (χ3v) is 4.87. The van der Waals surface area contributed by atoms with E-state index in [1.807, 2.05) is 49.4 Å². The van der Waals surface area contributed by atoms with E-state index in [1.165, 1.54) is 0 Å². The number of nitrogens with zero attached hydrogens (tertiary/aromatic N) is 1. The third-order valence-electron chi connectivity index (χ3n) is 4.87. The standard InChI is InChI=1S/C27H30N2O5/c1-4-32-25-15-22(12-13-24(25)33-18-20-9-8-14-28-17-20)27(31)29-23(16-26(30)34-19(2)3)21-10-6-5-7-11-21/h5-15,17,19,23H,4,16,18H2,1-3H3,(H,29,31). The first-order chi connectivity index (χ1) is 16.5. The first-order valence-corrected chi connectivity index (χ1v) is 11.3. The van der Waals surface area contributed by atoms with Crippen molar-refractivity contribution in [2.75, 3.05) is 6.61 Å². The Labute approximate surface area is 200 Å². The molecule has 0 aliphatic carbocycles. The minimum absolute atomic E-state index is 0.0263. The average Bonchev–Trinajstić information content (AvgIpc) is 2.83. The maximum atomic E-state index is 13.1. The molecule has 0 bridgehead atoms. The molecular weight excluding hydrogens is 432 g/mol. The SMILES string of the molecule is CCOc1cc(C(=O)NC(CC(=O)OC(C)C)c2ccccc2)ccc1OCc1cccnc1. The zero-order valence-corrected chi connectivity index (χ0v) is 19.7. The van der Waals surface area contributed by atoms with Crippen molar-refractivity contribution in [3.05, 3.63) is 89.7 Å². The Balaban J connectivity index is 1.76. The fourth-order valence-corrected chi connectivity index (χ4v) is 3.34. The predicted molar refractivity (Wildman–Crippen MR) is 129 cm³/mol. The number of amides is 1. The van der Waals surface area contributed by atoms with Gasteiger partial charge in [0.05, 0.1) is 25.2 Å². The number of rotatable bonds is 11. The number of aromatic nitrogens is 1. The summed E-state index contributed by atoms with van der Waals surface area (Å²) in [5, 5.41) is 2.96. The van der Waals surface area contributed by atoms with E-state index < -0.39 is 6.04 Å². The predicted octanol–water partition coefficient (Wildman–Crippen LogP) is 4.87. The number of hydrogen-bond donors (Lipinski definition) is 1. The Bertz CT molecular complexity index is 1070. The zero-order chi connectivity index (χ0) is 24.3. The van der Waals surface area contributed by atoms with Gasteiger partial charge >= 0.3 is 5.97 Å². The highest BCUT2D eigenvalue weighted by atomic mass is 16.5. The first kappa shape index (κ1) is 24.8. The highest BCUT2D eigenvalue weighted by molar-refractivity contribution is 5.95. The third kappa shape index (κ3) is 7.33. The molecule has 0 aliphatic rings. The molecule has 0 saturated heterocycles. The molecule has 1 amide bonds. The first-order valence-electron chi connectivity index (χ1n) is 11.3. The lowest BCUT2D eigenvalue weighted by atomic mass is 10.0. The van der Waals surface area contributed by atoms with Gasteiger partial charge in [0.25, 0.3) is 5.91 Å². The molecule has 0 fully saturated rings. The number of pyridine rings is 1. The van der Waals surface area contributed by atoms with E-state index >= 15 is 0 Å². The second kappa shape index (κ2) is 12.4. The van der Waals surface area contributed by atoms with Crippen LogP contribution in [0, 0.1) is 0 Å². The average molecular weight is 463 g/mol. The summed E-state index contributed by atoms with van der Waals surface area (Å²) < 4.78 is 16.9. The van der Waals surface area contributed by atoms with Crippen molar-refractivity contribution in [1.82, 2.24) is 10.3 Å². The normalized spacial score (nSPS) is 11.5. The Kier molecular flexibility index (Phi) is 9.03. The summed E-state index contributed by atoms with van der Waals surface area (Å²) >= 11 is 0. The molecule has 0 radical (unpaired) electrons. The smallest absolute Gasteiger partial charge is 0.308 e. The lowest BCUT2D eigenvalue weighted by Gasteiger charge is -2.20. The Morgan fingerprint density at radius 2 is 1.76 bits per heavy atom. The van der Waals surface area contributed by atoms with Gasteiger partial charge in [0.15, 0.2) is 11.5 Å². The quantitative estimate of drug-likeness (QED) is 0.409. The lowest BCUT2D eigenvalue weighted by molar-refractivity contribution is -0.147. The number of carbonyl (C=O) groups excluding carboxylic acids is 2. The Hall–Kier alpha value is -3.87. The fraction of sp³-hybridized carbons (Fsp3) is 0.296. The van der Waals surface area contributed by atoms with Crippen molar-refractivity contribution in [1.29, 1.82) is 0 Å². The van der Waals surface area contributed by atoms with E-state index in [0.29, 0.717) is 30.3 Å². The monoisotopic (exact) mass is 462 g/mol. The molecule has 1 unspecified atom stereocenters. The lowest BCUT2D eigenvalue weighted by Crippen LogP contribution is -2.31. The van der Waals surface area contributed by atoms with E-state index in [-0.39, 0.29) is 24.4 Å². The van der Waals surface area contributed by atoms with E-state index in [9.17, 15) is 9.59 Å². The second-order valence-electron chi connectivity index (χ2n) is 7.92. The van der Waals surface area contributed by atoms with Crippen LogP contribution in [0.15, 0.2) is 73.1 Å². The molecule has 178 valence electrons. The molecule has 7 nitrogen and oxygen atoms in total. The van der Waals surface area contributed by atoms with Crippen molar-refractivity contribution < 1.29 is 23.8 Å². The maximum Gasteiger partial charge on any atom is 0.308 e. The summed E-state index contributed by atoms with van der Waals surface area (Å²) in [5.41, 5.74) is 2.14. The Morgan fingerprint density at radius 1 is 0.971 bits per heavy atom. The van der Waals surface area contributed by atoms with Gasteiger partial charge in [-0.15, -0.1) is 0 Å². The molecular formula is C27H30N2O5. The fourth-order valence-electron chi connectivity index (χ4n) is 3.34. The molecule has 3 rings (SSSR count). The van der Waals surface area contributed by atoms with Crippen LogP contribution >= 0.6 is 0 Å². The minimum atomic E-state index is -0.531. The van der Waals surface area contributed by atoms with Gasteiger partial charge in [-0.1, -0.05) is 36.4 Å². The highest BCUT2D eigenvalue weighted by Crippen LogP contribution is 2.30. The van der Waals surface area contributed by atoms with Crippen molar-refractivity contribution in [2.45, 2.75) is 45.9 Å². The van der Waals surface area contributed by atoms with E-state index in [4.69, 9.17) is 14.2 Å². The van der Waals surface area contributed by atoms with Gasteiger partial charge in [-0.3, -0.25) is 14.6 Å². The van der Waals surface area contributed by atoms with E-state index in [1.54, 1.807) is 44.4 Å². The van der Waals surface area contributed by atoms with Gasteiger partial charge in [0.2, 0.25) is 0 Å². The van der Waals surface area contributed by atoms with E-state index in [2.05, 4.69) is 10.3 Å². The van der Waals surface area contributed by atoms with E-state index in [0.717, 1.165) is 11.1 Å². The summed E-state index contributed by atoms with van der Waals surface area (Å²) in [7, 11) is 0. The van der Waals surface area contributed by atoms with Gasteiger partial charge in [-0.05, 0) is 50.6 Å². The Morgan fingerprint density at radius 3 is 2.44 bits per heavy atom. The molecule has 7 heteroatoms. The summed E-state index contributed by atoms with van der Waals surface area (Å²) in [5.74, 6) is 0.293. The largest absolute Gasteiger partial charge is 0.490 e. The van der Waals surface area contributed by atoms with Crippen molar-refractivity contribution in [3.63, 3.8) is 0 Å². The van der Waals surface area contributed by atoms with Gasteiger partial charge < -0.3 is 19.5 Å². The van der Waals surface area contributed by atoms with Crippen LogP contribution in [-0.2, 0) is 16.1 Å². The molecule has 0 saturated carbocycles. The summed E-state index contributed by atoms with van der Waals surface area (Å²) in [6.45, 7) is 6.20. The van der Waals surface area contributed by atoms with Crippen LogP contribution < -0.4 is 14.8 Å². The van der Waals surface area contributed by atoms with Gasteiger partial charge in [-0.2, -0.15) is 0 Å². The van der Waals surface area contributed by atoms with Crippen LogP contribution in [0.5, 0.6) is 11.5 Å². The zero-order valence-electron chi connectivity index (χ0n) is 19.7. The van der Waals surface area contributed by atoms with Crippen LogP contribution in [0.3, 0.4) is 0 Å². The van der Waals surface area contributed by atoms with Gasteiger partial charge in [0, 0.05) is 23.5 Å². The summed E-state index contributed by atoms with van der Waals surface area (Å²) in [4.78, 5) is 29.5. The number of ether oxygens (including phenoxy) is 3. The number of hydrogen-bond acceptors (Lipinski definition) is 6. The van der Waals surface area contributed by atoms with Crippen molar-refractivity contribution in [3.8, 4) is 11.5 Å². The second-order valence-corrected chi connectivity index (χ2v) is 7.92. The topological polar surface area (TPSA) is 86.8 Å². The van der Waals surface area contributed by atoms with Crippen LogP contribution in [0.25, 0.3) is 0 Å². The summed E-state index contributed by atoms with van der Waals surface area (Å²) in [6, 6.07) is 17.6. The molecule has 1 heterocycles. The van der Waals surface area contributed by atoms with Crippen LogP contribution in [-0.4, -0.2) is 29.6 Å². The van der Waals surface area contributed by atoms with Gasteiger partial charge in [-0.25, -0.2) is 0 Å². The highest BCUT2D eigenvalue weighted by Gasteiger charge is 2.21. The number of benzene rings is 2. The molecule has 1 atom stereocenters. The van der Waals surface area contributed by atoms with Gasteiger partial charge in [0.1, 0.15) is 6.61 Å². The molecule has 34 heavy (non-hydrogen) atoms. The van der Waals surface area contributed by atoms with Crippen molar-refractivity contribution in [2.24, 2.45) is 0 Å². The summed E-state index contributed by atoms with van der Waals surface area (Å²) in [6.07, 6.45) is 3.23. The molecule has 0 spiro atoms. The van der Waals surface area contributed by atoms with Crippen LogP contribution in [0.1, 0.15) is 54.7 Å². The van der Waals surface area contributed by atoms with Crippen LogP contribution in [0.2, 0.25) is 0 Å². The van der Waals surface area contributed by atoms with Crippen molar-refractivity contribution >= 4 is 11.9 Å². The van der Waals surface area contributed by atoms with Crippen LogP contribution in [0.4, 0.5) is 0 Å².